The molecule has 1 aliphatic rings. The molecule has 0 aromatic heterocycles. The second-order valence-electron chi connectivity index (χ2n) is 6.65. The van der Waals surface area contributed by atoms with Crippen molar-refractivity contribution in [2.24, 2.45) is 5.92 Å². The summed E-state index contributed by atoms with van der Waals surface area (Å²) in [5.41, 5.74) is 0. The van der Waals surface area contributed by atoms with E-state index in [-0.39, 0.29) is 18.4 Å². The van der Waals surface area contributed by atoms with Crippen LogP contribution in [0.3, 0.4) is 0 Å². The van der Waals surface area contributed by atoms with Crippen molar-refractivity contribution in [2.45, 2.75) is 77.7 Å². The van der Waals surface area contributed by atoms with E-state index in [0.29, 0.717) is 12.3 Å². The zero-order chi connectivity index (χ0) is 17.8. The minimum atomic E-state index is -0.728. The lowest BCUT2D eigenvalue weighted by Crippen LogP contribution is -2.32. The number of hydrogen-bond donors (Lipinski definition) is 1. The topological polar surface area (TPSA) is 57.6 Å². The summed E-state index contributed by atoms with van der Waals surface area (Å²) in [4.78, 5) is 24.5. The van der Waals surface area contributed by atoms with E-state index in [9.17, 15) is 9.59 Å². The maximum absolute atomic E-state index is 12.0. The first-order valence-corrected chi connectivity index (χ1v) is 9.12. The van der Waals surface area contributed by atoms with Crippen molar-refractivity contribution in [2.75, 3.05) is 6.54 Å². The molecule has 2 unspecified atom stereocenters. The quantitative estimate of drug-likeness (QED) is 0.353. The maximum atomic E-state index is 12.0. The molecule has 1 aliphatic heterocycles. The van der Waals surface area contributed by atoms with E-state index in [0.717, 1.165) is 51.5 Å². The van der Waals surface area contributed by atoms with Crippen molar-refractivity contribution in [3.8, 4) is 11.8 Å². The number of rotatable bonds is 11. The Labute approximate surface area is 146 Å². The number of carbonyl (C=O) groups excluding carboxylic acids is 1. The molecule has 1 saturated heterocycles. The van der Waals surface area contributed by atoms with Gasteiger partial charge in [-0.05, 0) is 38.5 Å². The van der Waals surface area contributed by atoms with Crippen molar-refractivity contribution in [3.63, 3.8) is 0 Å². The fraction of sp³-hybridized carbons (Fsp3) is 0.700. The number of allylic oxidation sites excluding steroid dienone is 1. The first-order valence-electron chi connectivity index (χ1n) is 9.12. The van der Waals surface area contributed by atoms with Crippen molar-refractivity contribution in [1.82, 2.24) is 4.90 Å². The van der Waals surface area contributed by atoms with Crippen molar-refractivity contribution >= 4 is 11.9 Å². The highest BCUT2D eigenvalue weighted by Crippen LogP contribution is 2.21. The Morgan fingerprint density at radius 1 is 1.38 bits per heavy atom. The van der Waals surface area contributed by atoms with E-state index in [1.165, 1.54) is 0 Å². The fourth-order valence-electron chi connectivity index (χ4n) is 2.99. The van der Waals surface area contributed by atoms with Gasteiger partial charge in [-0.1, -0.05) is 31.9 Å². The van der Waals surface area contributed by atoms with Crippen LogP contribution in [0.2, 0.25) is 0 Å². The lowest BCUT2D eigenvalue weighted by atomic mass is 10.0. The Kier molecular flexibility index (Phi) is 9.91. The summed E-state index contributed by atoms with van der Waals surface area (Å²) in [5.74, 6) is 6.11. The number of nitrogens with zero attached hydrogens (tertiary/aromatic N) is 1. The highest BCUT2D eigenvalue weighted by atomic mass is 16.4. The molecule has 0 spiro atoms. The summed E-state index contributed by atoms with van der Waals surface area (Å²) in [6.07, 6.45) is 11.7. The van der Waals surface area contributed by atoms with Crippen molar-refractivity contribution in [1.29, 1.82) is 0 Å². The van der Waals surface area contributed by atoms with Crippen LogP contribution in [0.15, 0.2) is 12.2 Å². The molecular weight excluding hydrogens is 302 g/mol. The van der Waals surface area contributed by atoms with Gasteiger partial charge in [-0.25, -0.2) is 0 Å². The first kappa shape index (κ1) is 20.3. The van der Waals surface area contributed by atoms with Crippen LogP contribution in [0.5, 0.6) is 0 Å². The van der Waals surface area contributed by atoms with E-state index >= 15 is 0 Å². The van der Waals surface area contributed by atoms with E-state index in [2.05, 4.69) is 30.9 Å². The van der Waals surface area contributed by atoms with Gasteiger partial charge in [0, 0.05) is 25.8 Å². The molecule has 24 heavy (non-hydrogen) atoms. The van der Waals surface area contributed by atoms with Crippen LogP contribution in [-0.2, 0) is 9.59 Å². The number of likely N-dealkylation sites (tertiary alicyclic amines) is 1. The van der Waals surface area contributed by atoms with Gasteiger partial charge in [-0.3, -0.25) is 9.59 Å². The van der Waals surface area contributed by atoms with Crippen LogP contribution in [0, 0.1) is 17.8 Å². The molecule has 1 amide bonds. The van der Waals surface area contributed by atoms with Crippen LogP contribution in [0.25, 0.3) is 0 Å². The standard InChI is InChI=1S/C20H31NO3/c1-3-4-10-17(2)11-9-12-18-14-15-19(22)21(18)16-8-6-5-7-13-20(23)24/h9,12,17-18H,5-8,10-11,13-16H2,1-2H3,(H,23,24)/b12-9+. The highest BCUT2D eigenvalue weighted by Gasteiger charge is 2.28. The third kappa shape index (κ3) is 8.19. The normalized spacial score (nSPS) is 18.7. The van der Waals surface area contributed by atoms with Gasteiger partial charge in [-0.2, -0.15) is 0 Å². The maximum Gasteiger partial charge on any atom is 0.303 e. The Hall–Kier alpha value is -1.76. The van der Waals surface area contributed by atoms with Gasteiger partial charge in [0.25, 0.3) is 0 Å². The van der Waals surface area contributed by atoms with Gasteiger partial charge >= 0.3 is 5.97 Å². The van der Waals surface area contributed by atoms with Crippen molar-refractivity contribution < 1.29 is 14.7 Å². The average Bonchev–Trinajstić information content (AvgIpc) is 2.89. The molecule has 4 heteroatoms. The lowest BCUT2D eigenvalue weighted by Gasteiger charge is -2.22. The summed E-state index contributed by atoms with van der Waals surface area (Å²) < 4.78 is 0. The highest BCUT2D eigenvalue weighted by molar-refractivity contribution is 5.79. The Balaban J connectivity index is 2.29. The van der Waals surface area contributed by atoms with Crippen LogP contribution in [0.4, 0.5) is 0 Å². The second-order valence-corrected chi connectivity index (χ2v) is 6.65. The number of carbonyl (C=O) groups is 2. The summed E-state index contributed by atoms with van der Waals surface area (Å²) in [5, 5.41) is 8.61. The Morgan fingerprint density at radius 3 is 2.83 bits per heavy atom. The van der Waals surface area contributed by atoms with Gasteiger partial charge in [0.05, 0.1) is 6.04 Å². The summed E-state index contributed by atoms with van der Waals surface area (Å²) in [7, 11) is 0. The van der Waals surface area contributed by atoms with E-state index in [1.807, 2.05) is 11.8 Å². The second kappa shape index (κ2) is 11.7. The Morgan fingerprint density at radius 2 is 2.12 bits per heavy atom. The van der Waals surface area contributed by atoms with Gasteiger partial charge < -0.3 is 10.0 Å². The molecule has 0 bridgehead atoms. The predicted octanol–water partition coefficient (Wildman–Crippen LogP) is 4.01. The number of amides is 1. The average molecular weight is 333 g/mol. The number of carboxylic acids is 1. The largest absolute Gasteiger partial charge is 0.481 e. The van der Waals surface area contributed by atoms with Crippen LogP contribution in [0.1, 0.15) is 71.6 Å². The molecule has 0 aliphatic carbocycles. The first-order chi connectivity index (χ1) is 11.5. The number of carboxylic acid groups (broad SMARTS) is 1. The smallest absolute Gasteiger partial charge is 0.303 e. The van der Waals surface area contributed by atoms with Gasteiger partial charge in [-0.15, -0.1) is 11.8 Å². The summed E-state index contributed by atoms with van der Waals surface area (Å²) in [6, 6.07) is 0.237. The van der Waals surface area contributed by atoms with E-state index in [1.54, 1.807) is 0 Å². The molecule has 2 atom stereocenters. The molecule has 0 aromatic carbocycles. The number of aliphatic carboxylic acids is 1. The van der Waals surface area contributed by atoms with Crippen molar-refractivity contribution in [3.05, 3.63) is 12.2 Å². The van der Waals surface area contributed by atoms with Gasteiger partial charge in [0.2, 0.25) is 5.91 Å². The zero-order valence-corrected chi connectivity index (χ0v) is 15.1. The minimum absolute atomic E-state index is 0.237. The van der Waals surface area contributed by atoms with Gasteiger partial charge in [0.1, 0.15) is 0 Å². The zero-order valence-electron chi connectivity index (χ0n) is 15.1. The molecule has 1 fully saturated rings. The monoisotopic (exact) mass is 333 g/mol. The number of hydrogen-bond acceptors (Lipinski definition) is 2. The SMILES string of the molecule is CC#CCC(C)C/C=C/C1CCC(=O)N1CCCCCCC(=O)O. The summed E-state index contributed by atoms with van der Waals surface area (Å²) >= 11 is 0. The fourth-order valence-corrected chi connectivity index (χ4v) is 2.99. The molecule has 0 saturated carbocycles. The molecule has 0 radical (unpaired) electrons. The molecule has 1 N–H and O–H groups in total. The Bertz CT molecular complexity index is 487. The molecule has 134 valence electrons. The van der Waals surface area contributed by atoms with Crippen LogP contribution in [-0.4, -0.2) is 34.5 Å². The predicted molar refractivity (Wildman–Crippen MR) is 96.4 cm³/mol. The van der Waals surface area contributed by atoms with E-state index < -0.39 is 5.97 Å². The third-order valence-electron chi connectivity index (χ3n) is 4.44. The van der Waals surface area contributed by atoms with E-state index in [4.69, 9.17) is 5.11 Å². The van der Waals surface area contributed by atoms with Crippen LogP contribution < -0.4 is 0 Å². The third-order valence-corrected chi connectivity index (χ3v) is 4.44. The van der Waals surface area contributed by atoms with Crippen LogP contribution >= 0.6 is 0 Å². The number of unbranched alkanes of at least 4 members (excludes halogenated alkanes) is 3. The molecule has 4 nitrogen and oxygen atoms in total. The minimum Gasteiger partial charge on any atom is -0.481 e. The lowest BCUT2D eigenvalue weighted by molar-refractivity contribution is -0.137. The molecule has 0 aromatic rings. The van der Waals surface area contributed by atoms with Gasteiger partial charge in [0.15, 0.2) is 0 Å². The summed E-state index contributed by atoms with van der Waals surface area (Å²) in [6.45, 7) is 4.85. The molecular formula is C20H31NO3. The molecule has 1 heterocycles. The molecule has 1 rings (SSSR count).